The maximum atomic E-state index is 11.1. The predicted molar refractivity (Wildman–Crippen MR) is 60.0 cm³/mol. The second-order valence-corrected chi connectivity index (χ2v) is 3.79. The van der Waals surface area contributed by atoms with Gasteiger partial charge in [0.15, 0.2) is 0 Å². The number of aromatic carboxylic acids is 1. The number of aryl methyl sites for hydroxylation is 2. The van der Waals surface area contributed by atoms with Crippen LogP contribution in [-0.2, 0) is 0 Å². The van der Waals surface area contributed by atoms with Crippen LogP contribution in [0.25, 0.3) is 5.69 Å². The molecule has 4 heteroatoms. The van der Waals surface area contributed by atoms with Crippen molar-refractivity contribution < 1.29 is 9.90 Å². The van der Waals surface area contributed by atoms with E-state index in [2.05, 4.69) is 5.10 Å². The highest BCUT2D eigenvalue weighted by molar-refractivity contribution is 5.92. The van der Waals surface area contributed by atoms with Crippen LogP contribution < -0.4 is 0 Å². The minimum atomic E-state index is -0.942. The third kappa shape index (κ3) is 1.82. The van der Waals surface area contributed by atoms with Crippen LogP contribution in [0.15, 0.2) is 30.6 Å². The topological polar surface area (TPSA) is 55.1 Å². The number of nitrogens with zero attached hydrogens (tertiary/aromatic N) is 2. The van der Waals surface area contributed by atoms with Gasteiger partial charge in [-0.05, 0) is 37.1 Å². The zero-order valence-electron chi connectivity index (χ0n) is 9.14. The Morgan fingerprint density at radius 3 is 2.62 bits per heavy atom. The van der Waals surface area contributed by atoms with E-state index in [0.717, 1.165) is 11.1 Å². The van der Waals surface area contributed by atoms with E-state index in [1.54, 1.807) is 29.2 Å². The highest BCUT2D eigenvalue weighted by Gasteiger charge is 2.12. The van der Waals surface area contributed by atoms with E-state index in [1.807, 2.05) is 19.9 Å². The zero-order chi connectivity index (χ0) is 11.7. The summed E-state index contributed by atoms with van der Waals surface area (Å²) in [5.74, 6) is -0.942. The van der Waals surface area contributed by atoms with Crippen molar-refractivity contribution in [2.24, 2.45) is 0 Å². The van der Waals surface area contributed by atoms with E-state index in [1.165, 1.54) is 0 Å². The first-order valence-corrected chi connectivity index (χ1v) is 4.93. The first kappa shape index (κ1) is 10.4. The molecular weight excluding hydrogens is 204 g/mol. The molecular formula is C12H12N2O2. The Hall–Kier alpha value is -2.10. The number of rotatable bonds is 2. The molecule has 1 aromatic heterocycles. The first-order chi connectivity index (χ1) is 7.58. The Labute approximate surface area is 93.1 Å². The number of carboxylic acids is 1. The molecule has 4 nitrogen and oxygen atoms in total. The fraction of sp³-hybridized carbons (Fsp3) is 0.167. The first-order valence-electron chi connectivity index (χ1n) is 4.93. The van der Waals surface area contributed by atoms with Crippen LogP contribution in [0.2, 0.25) is 0 Å². The second-order valence-electron chi connectivity index (χ2n) is 3.79. The molecule has 2 aromatic rings. The Morgan fingerprint density at radius 1 is 1.31 bits per heavy atom. The maximum absolute atomic E-state index is 11.1. The van der Waals surface area contributed by atoms with E-state index >= 15 is 0 Å². The summed E-state index contributed by atoms with van der Waals surface area (Å²) in [5.41, 5.74) is 2.86. The monoisotopic (exact) mass is 216 g/mol. The highest BCUT2D eigenvalue weighted by Crippen LogP contribution is 2.16. The van der Waals surface area contributed by atoms with Crippen molar-refractivity contribution in [3.05, 3.63) is 47.3 Å². The fourth-order valence-electron chi connectivity index (χ4n) is 1.56. The molecule has 0 aliphatic rings. The molecule has 0 spiro atoms. The molecule has 0 amide bonds. The van der Waals surface area contributed by atoms with E-state index in [-0.39, 0.29) is 5.56 Å². The fourth-order valence-corrected chi connectivity index (χ4v) is 1.56. The SMILES string of the molecule is Cc1ccc(C(=O)O)c(-n2cc(C)cn2)c1. The summed E-state index contributed by atoms with van der Waals surface area (Å²) in [5, 5.41) is 13.2. The Morgan fingerprint density at radius 2 is 2.06 bits per heavy atom. The zero-order valence-corrected chi connectivity index (χ0v) is 9.14. The summed E-state index contributed by atoms with van der Waals surface area (Å²) in [6.07, 6.45) is 3.51. The summed E-state index contributed by atoms with van der Waals surface area (Å²) in [6, 6.07) is 5.20. The molecule has 0 saturated carbocycles. The summed E-state index contributed by atoms with van der Waals surface area (Å²) in [7, 11) is 0. The molecule has 0 aliphatic carbocycles. The lowest BCUT2D eigenvalue weighted by atomic mass is 10.1. The second kappa shape index (κ2) is 3.81. The van der Waals surface area contributed by atoms with Gasteiger partial charge >= 0.3 is 5.97 Å². The minimum absolute atomic E-state index is 0.258. The summed E-state index contributed by atoms with van der Waals surface area (Å²) in [4.78, 5) is 11.1. The van der Waals surface area contributed by atoms with Crippen LogP contribution >= 0.6 is 0 Å². The Kier molecular flexibility index (Phi) is 2.48. The van der Waals surface area contributed by atoms with E-state index in [4.69, 9.17) is 5.11 Å². The smallest absolute Gasteiger partial charge is 0.337 e. The predicted octanol–water partition coefficient (Wildman–Crippen LogP) is 2.19. The number of carbonyl (C=O) groups is 1. The van der Waals surface area contributed by atoms with Crippen molar-refractivity contribution in [1.29, 1.82) is 0 Å². The van der Waals surface area contributed by atoms with E-state index in [9.17, 15) is 4.79 Å². The van der Waals surface area contributed by atoms with E-state index in [0.29, 0.717) is 5.69 Å². The van der Waals surface area contributed by atoms with Crippen molar-refractivity contribution >= 4 is 5.97 Å². The molecule has 1 N–H and O–H groups in total. The van der Waals surface area contributed by atoms with Crippen molar-refractivity contribution in [3.63, 3.8) is 0 Å². The van der Waals surface area contributed by atoms with Crippen LogP contribution in [-0.4, -0.2) is 20.9 Å². The van der Waals surface area contributed by atoms with Crippen molar-refractivity contribution in [2.45, 2.75) is 13.8 Å². The third-order valence-corrected chi connectivity index (χ3v) is 2.34. The van der Waals surface area contributed by atoms with Gasteiger partial charge in [-0.2, -0.15) is 5.10 Å². The lowest BCUT2D eigenvalue weighted by Gasteiger charge is -2.06. The number of hydrogen-bond donors (Lipinski definition) is 1. The van der Waals surface area contributed by atoms with Crippen LogP contribution in [0.3, 0.4) is 0 Å². The number of aromatic nitrogens is 2. The molecule has 16 heavy (non-hydrogen) atoms. The van der Waals surface area contributed by atoms with Crippen molar-refractivity contribution in [1.82, 2.24) is 9.78 Å². The van der Waals surface area contributed by atoms with E-state index < -0.39 is 5.97 Å². The Balaban J connectivity index is 2.62. The summed E-state index contributed by atoms with van der Waals surface area (Å²) >= 11 is 0. The van der Waals surface area contributed by atoms with Gasteiger partial charge in [-0.15, -0.1) is 0 Å². The van der Waals surface area contributed by atoms with Crippen molar-refractivity contribution in [3.8, 4) is 5.69 Å². The van der Waals surface area contributed by atoms with Gasteiger partial charge in [-0.25, -0.2) is 9.48 Å². The summed E-state index contributed by atoms with van der Waals surface area (Å²) < 4.78 is 1.59. The van der Waals surface area contributed by atoms with Crippen LogP contribution in [0.1, 0.15) is 21.5 Å². The summed E-state index contributed by atoms with van der Waals surface area (Å²) in [6.45, 7) is 3.84. The standard InChI is InChI=1S/C12H12N2O2/c1-8-3-4-10(12(15)16)11(5-8)14-7-9(2)6-13-14/h3-7H,1-2H3,(H,15,16). The van der Waals surface area contributed by atoms with Gasteiger partial charge in [0.2, 0.25) is 0 Å². The molecule has 0 saturated heterocycles. The van der Waals surface area contributed by atoms with Gasteiger partial charge in [-0.1, -0.05) is 6.07 Å². The molecule has 2 rings (SSSR count). The van der Waals surface area contributed by atoms with Crippen LogP contribution in [0, 0.1) is 13.8 Å². The highest BCUT2D eigenvalue weighted by atomic mass is 16.4. The lowest BCUT2D eigenvalue weighted by molar-refractivity contribution is 0.0696. The van der Waals surface area contributed by atoms with Gasteiger partial charge in [0, 0.05) is 6.20 Å². The average Bonchev–Trinajstić information content (AvgIpc) is 2.64. The minimum Gasteiger partial charge on any atom is -0.478 e. The van der Waals surface area contributed by atoms with Gasteiger partial charge in [0.1, 0.15) is 0 Å². The van der Waals surface area contributed by atoms with Gasteiger partial charge < -0.3 is 5.11 Å². The quantitative estimate of drug-likeness (QED) is 0.837. The maximum Gasteiger partial charge on any atom is 0.337 e. The molecule has 1 aromatic carbocycles. The molecule has 1 heterocycles. The number of carboxylic acid groups (broad SMARTS) is 1. The largest absolute Gasteiger partial charge is 0.478 e. The number of hydrogen-bond acceptors (Lipinski definition) is 2. The molecule has 0 atom stereocenters. The molecule has 82 valence electrons. The third-order valence-electron chi connectivity index (χ3n) is 2.34. The van der Waals surface area contributed by atoms with Gasteiger partial charge in [0.25, 0.3) is 0 Å². The normalized spacial score (nSPS) is 10.4. The number of benzene rings is 1. The van der Waals surface area contributed by atoms with Gasteiger partial charge in [0.05, 0.1) is 17.4 Å². The van der Waals surface area contributed by atoms with Crippen molar-refractivity contribution in [2.75, 3.05) is 0 Å². The Bertz CT molecular complexity index is 544. The molecule has 0 fully saturated rings. The molecule has 0 unspecified atom stereocenters. The molecule has 0 aliphatic heterocycles. The lowest BCUT2D eigenvalue weighted by Crippen LogP contribution is -2.06. The molecule has 0 bridgehead atoms. The van der Waals surface area contributed by atoms with Crippen LogP contribution in [0.5, 0.6) is 0 Å². The van der Waals surface area contributed by atoms with Crippen LogP contribution in [0.4, 0.5) is 0 Å². The average molecular weight is 216 g/mol. The molecule has 0 radical (unpaired) electrons. The van der Waals surface area contributed by atoms with Gasteiger partial charge in [-0.3, -0.25) is 0 Å².